The third-order valence-electron chi connectivity index (χ3n) is 6.90. The Bertz CT molecular complexity index is 1240. The summed E-state index contributed by atoms with van der Waals surface area (Å²) in [6.45, 7) is 7.56. The number of anilines is 4. The lowest BCUT2D eigenvalue weighted by molar-refractivity contribution is 0.0904. The molecule has 0 saturated carbocycles. The highest BCUT2D eigenvalue weighted by Crippen LogP contribution is 2.31. The van der Waals surface area contributed by atoms with Gasteiger partial charge in [-0.05, 0) is 62.7 Å². The van der Waals surface area contributed by atoms with Crippen LogP contribution < -0.4 is 21.3 Å². The number of benzene rings is 1. The first-order chi connectivity index (χ1) is 18.0. The molecule has 0 bridgehead atoms. The van der Waals surface area contributed by atoms with E-state index < -0.39 is 5.91 Å². The second kappa shape index (κ2) is 11.1. The van der Waals surface area contributed by atoms with Crippen molar-refractivity contribution in [2.45, 2.75) is 25.8 Å². The molecule has 0 unspecified atom stereocenters. The summed E-state index contributed by atoms with van der Waals surface area (Å²) in [4.78, 5) is 31.1. The van der Waals surface area contributed by atoms with Crippen LogP contribution in [-0.4, -0.2) is 78.2 Å². The quantitative estimate of drug-likeness (QED) is 0.447. The fourth-order valence-electron chi connectivity index (χ4n) is 4.78. The molecule has 194 valence electrons. The molecule has 1 amide bonds. The second-order valence-corrected chi connectivity index (χ2v) is 9.64. The van der Waals surface area contributed by atoms with Crippen molar-refractivity contribution in [1.82, 2.24) is 19.9 Å². The van der Waals surface area contributed by atoms with Crippen LogP contribution in [-0.2, 0) is 4.74 Å². The van der Waals surface area contributed by atoms with Crippen molar-refractivity contribution in [3.8, 4) is 11.4 Å². The highest BCUT2D eigenvalue weighted by Gasteiger charge is 2.23. The number of amides is 1. The number of aromatic nitrogens is 3. The van der Waals surface area contributed by atoms with E-state index in [4.69, 9.17) is 15.5 Å². The number of hydrogen-bond acceptors (Lipinski definition) is 9. The van der Waals surface area contributed by atoms with E-state index in [1.807, 2.05) is 24.3 Å². The van der Waals surface area contributed by atoms with Gasteiger partial charge in [0.1, 0.15) is 5.69 Å². The van der Waals surface area contributed by atoms with Crippen molar-refractivity contribution in [3.63, 3.8) is 0 Å². The van der Waals surface area contributed by atoms with Crippen LogP contribution >= 0.6 is 0 Å². The molecule has 1 aromatic carbocycles. The van der Waals surface area contributed by atoms with Gasteiger partial charge in [0.15, 0.2) is 17.3 Å². The van der Waals surface area contributed by atoms with Gasteiger partial charge in [0.2, 0.25) is 0 Å². The molecule has 10 nitrogen and oxygen atoms in total. The zero-order chi connectivity index (χ0) is 25.8. The third-order valence-corrected chi connectivity index (χ3v) is 6.90. The third kappa shape index (κ3) is 5.81. The molecule has 5 rings (SSSR count). The fraction of sp³-hybridized carbons (Fsp3) is 0.407. The first kappa shape index (κ1) is 24.9. The largest absolute Gasteiger partial charge is 0.381 e. The number of nitrogens with zero attached hydrogens (tertiary/aromatic N) is 5. The van der Waals surface area contributed by atoms with E-state index >= 15 is 0 Å². The second-order valence-electron chi connectivity index (χ2n) is 9.64. The van der Waals surface area contributed by atoms with Crippen LogP contribution in [0.15, 0.2) is 42.6 Å². The molecule has 2 aliphatic heterocycles. The van der Waals surface area contributed by atoms with Gasteiger partial charge in [0, 0.05) is 63.0 Å². The predicted molar refractivity (Wildman–Crippen MR) is 145 cm³/mol. The van der Waals surface area contributed by atoms with Crippen LogP contribution in [0.3, 0.4) is 0 Å². The number of primary amides is 1. The average molecular weight is 503 g/mol. The van der Waals surface area contributed by atoms with Gasteiger partial charge in [0.05, 0.1) is 5.69 Å². The van der Waals surface area contributed by atoms with Gasteiger partial charge in [-0.1, -0.05) is 6.07 Å². The molecule has 2 aromatic heterocycles. The number of nitrogens with two attached hydrogens (primary N) is 1. The first-order valence-corrected chi connectivity index (χ1v) is 12.8. The van der Waals surface area contributed by atoms with Crippen molar-refractivity contribution < 1.29 is 9.53 Å². The lowest BCUT2D eigenvalue weighted by atomic mass is 10.1. The zero-order valence-corrected chi connectivity index (χ0v) is 21.4. The molecule has 2 saturated heterocycles. The molecular weight excluding hydrogens is 468 g/mol. The molecule has 10 heteroatoms. The van der Waals surface area contributed by atoms with E-state index in [2.05, 4.69) is 56.5 Å². The van der Waals surface area contributed by atoms with Crippen LogP contribution in [0.5, 0.6) is 0 Å². The summed E-state index contributed by atoms with van der Waals surface area (Å²) in [5, 5.41) is 6.81. The molecule has 3 aromatic rings. The minimum Gasteiger partial charge on any atom is -0.381 e. The Balaban J connectivity index is 1.47. The summed E-state index contributed by atoms with van der Waals surface area (Å²) in [6.07, 6.45) is 3.41. The highest BCUT2D eigenvalue weighted by atomic mass is 16.5. The van der Waals surface area contributed by atoms with Crippen LogP contribution in [0.2, 0.25) is 0 Å². The van der Waals surface area contributed by atoms with E-state index in [-0.39, 0.29) is 11.7 Å². The number of piperazine rings is 1. The summed E-state index contributed by atoms with van der Waals surface area (Å²) in [5.74, 6) is 0.216. The fourth-order valence-corrected chi connectivity index (χ4v) is 4.78. The molecule has 0 atom stereocenters. The number of hydrogen-bond donors (Lipinski definition) is 3. The number of ether oxygens (including phenoxy) is 1. The number of nitrogens with one attached hydrogen (secondary N) is 2. The lowest BCUT2D eigenvalue weighted by Crippen LogP contribution is -2.44. The molecule has 0 aliphatic carbocycles. The monoisotopic (exact) mass is 502 g/mol. The maximum Gasteiger partial charge on any atom is 0.271 e. The number of rotatable bonds is 7. The van der Waals surface area contributed by atoms with Crippen LogP contribution in [0.1, 0.15) is 28.9 Å². The molecule has 2 fully saturated rings. The molecule has 0 radical (unpaired) electrons. The standard InChI is InChI=1S/C27H34N8O2/c1-18-17-20(6-7-22(18)35-13-11-34(2)12-14-35)31-27-24(25(28)36)32-23(21-5-3-4-10-29-21)26(33-27)30-19-8-15-37-16-9-19/h3-7,10,17,19H,8-9,11-16H2,1-2H3,(H2,28,36)(H2,30,31,33). The van der Waals surface area contributed by atoms with Gasteiger partial charge in [-0.2, -0.15) is 0 Å². The van der Waals surface area contributed by atoms with Crippen LogP contribution in [0.4, 0.5) is 23.0 Å². The smallest absolute Gasteiger partial charge is 0.271 e. The Kier molecular flexibility index (Phi) is 7.47. The van der Waals surface area contributed by atoms with Gasteiger partial charge in [0.25, 0.3) is 5.91 Å². The number of carbonyl (C=O) groups is 1. The topological polar surface area (TPSA) is 122 Å². The SMILES string of the molecule is Cc1cc(Nc2nc(NC3CCOCC3)c(-c3ccccn3)nc2C(N)=O)ccc1N1CCN(C)CC1. The van der Waals surface area contributed by atoms with Crippen molar-refractivity contribution in [2.24, 2.45) is 5.73 Å². The maximum atomic E-state index is 12.5. The van der Waals surface area contributed by atoms with Crippen molar-refractivity contribution >= 4 is 28.9 Å². The van der Waals surface area contributed by atoms with Gasteiger partial charge in [-0.3, -0.25) is 9.78 Å². The van der Waals surface area contributed by atoms with E-state index in [0.29, 0.717) is 36.2 Å². The van der Waals surface area contributed by atoms with Crippen molar-refractivity contribution in [1.29, 1.82) is 0 Å². The maximum absolute atomic E-state index is 12.5. The molecule has 37 heavy (non-hydrogen) atoms. The van der Waals surface area contributed by atoms with Crippen molar-refractivity contribution in [2.75, 3.05) is 62.0 Å². The molecule has 4 N–H and O–H groups in total. The minimum atomic E-state index is -0.657. The summed E-state index contributed by atoms with van der Waals surface area (Å²) >= 11 is 0. The zero-order valence-electron chi connectivity index (χ0n) is 21.4. The van der Waals surface area contributed by atoms with E-state index in [9.17, 15) is 4.79 Å². The Morgan fingerprint density at radius 3 is 2.51 bits per heavy atom. The molecule has 4 heterocycles. The van der Waals surface area contributed by atoms with Crippen molar-refractivity contribution in [3.05, 3.63) is 53.9 Å². The summed E-state index contributed by atoms with van der Waals surface area (Å²) in [6, 6.07) is 11.9. The van der Waals surface area contributed by atoms with E-state index in [0.717, 1.165) is 50.3 Å². The van der Waals surface area contributed by atoms with Gasteiger partial charge < -0.3 is 30.9 Å². The number of carbonyl (C=O) groups excluding carboxylic acids is 1. The lowest BCUT2D eigenvalue weighted by Gasteiger charge is -2.35. The van der Waals surface area contributed by atoms with E-state index in [1.165, 1.54) is 5.69 Å². The minimum absolute atomic E-state index is 0.0685. The summed E-state index contributed by atoms with van der Waals surface area (Å²) in [5.41, 5.74) is 10.1. The predicted octanol–water partition coefficient (Wildman–Crippen LogP) is 3.03. The van der Waals surface area contributed by atoms with Crippen LogP contribution in [0, 0.1) is 6.92 Å². The Morgan fingerprint density at radius 1 is 1.05 bits per heavy atom. The highest BCUT2D eigenvalue weighted by molar-refractivity contribution is 5.97. The van der Waals surface area contributed by atoms with E-state index in [1.54, 1.807) is 6.20 Å². The van der Waals surface area contributed by atoms with Gasteiger partial charge in [-0.15, -0.1) is 0 Å². The Morgan fingerprint density at radius 2 is 1.84 bits per heavy atom. The normalized spacial score (nSPS) is 17.0. The van der Waals surface area contributed by atoms with Crippen LogP contribution in [0.25, 0.3) is 11.4 Å². The summed E-state index contributed by atoms with van der Waals surface area (Å²) < 4.78 is 5.51. The number of pyridine rings is 1. The first-order valence-electron chi connectivity index (χ1n) is 12.8. The van der Waals surface area contributed by atoms with Gasteiger partial charge in [-0.25, -0.2) is 9.97 Å². The summed E-state index contributed by atoms with van der Waals surface area (Å²) in [7, 11) is 2.15. The molecular formula is C27H34N8O2. The van der Waals surface area contributed by atoms with Gasteiger partial charge >= 0.3 is 0 Å². The molecule has 0 spiro atoms. The average Bonchev–Trinajstić information content (AvgIpc) is 2.90. The molecule has 2 aliphatic rings. The number of likely N-dealkylation sites (N-methyl/N-ethyl adjacent to an activating group) is 1. The Hall–Kier alpha value is -3.76. The Labute approximate surface area is 217 Å². The number of aryl methyl sites for hydroxylation is 1.